The number of hydrogen-bond acceptors (Lipinski definition) is 7. The van der Waals surface area contributed by atoms with Crippen molar-refractivity contribution in [3.63, 3.8) is 0 Å². The van der Waals surface area contributed by atoms with Crippen LogP contribution in [0.15, 0.2) is 18.2 Å². The zero-order valence-corrected chi connectivity index (χ0v) is 18.9. The molecule has 2 heterocycles. The smallest absolute Gasteiger partial charge is 0.244 e. The number of ether oxygens (including phenoxy) is 1. The summed E-state index contributed by atoms with van der Waals surface area (Å²) in [5.74, 6) is -0.301. The number of carbonyl (C=O) groups excluding carboxylic acids is 1. The minimum Gasteiger partial charge on any atom is -0.379 e. The van der Waals surface area contributed by atoms with E-state index >= 15 is 0 Å². The Labute approximate surface area is 180 Å². The van der Waals surface area contributed by atoms with Gasteiger partial charge in [0, 0.05) is 38.2 Å². The number of anilines is 1. The molecule has 8 nitrogen and oxygen atoms in total. The van der Waals surface area contributed by atoms with Crippen molar-refractivity contribution in [2.24, 2.45) is 0 Å². The molecule has 0 saturated carbocycles. The highest BCUT2D eigenvalue weighted by atomic mass is 35.5. The second kappa shape index (κ2) is 9.67. The van der Waals surface area contributed by atoms with E-state index in [9.17, 15) is 13.2 Å². The van der Waals surface area contributed by atoms with Crippen LogP contribution in [-0.4, -0.2) is 87.8 Å². The lowest BCUT2D eigenvalue weighted by Crippen LogP contribution is -2.43. The molecule has 0 bridgehead atoms. The normalized spacial score (nSPS) is 15.9. The Morgan fingerprint density at radius 2 is 2.07 bits per heavy atom. The number of fused-ring (bicyclic) bond motifs is 1. The number of halogens is 1. The monoisotopic (exact) mass is 460 g/mol. The summed E-state index contributed by atoms with van der Waals surface area (Å²) in [6.45, 7) is 4.27. The summed E-state index contributed by atoms with van der Waals surface area (Å²) in [5.41, 5.74) is 0.761. The Bertz CT molecular complexity index is 960. The standard InChI is InChI=1S/C18H25ClN4O4S2/c1-21(29(2,25)26)13-17(24)23(7-3-6-22-8-10-27-11-9-22)18-20-15-5-4-14(19)12-16(15)28-18/h4-5,12H,3,6-11,13H2,1-2H3. The number of likely N-dealkylation sites (N-methyl/N-ethyl adjacent to an activating group) is 1. The van der Waals surface area contributed by atoms with Crippen molar-refractivity contribution >= 4 is 54.2 Å². The summed E-state index contributed by atoms with van der Waals surface area (Å²) in [6, 6.07) is 5.39. The van der Waals surface area contributed by atoms with Crippen LogP contribution < -0.4 is 4.90 Å². The molecule has 0 unspecified atom stereocenters. The first kappa shape index (κ1) is 22.4. The number of aromatic nitrogens is 1. The van der Waals surface area contributed by atoms with Crippen LogP contribution in [0.1, 0.15) is 6.42 Å². The average molecular weight is 461 g/mol. The third-order valence-electron chi connectivity index (χ3n) is 4.75. The lowest BCUT2D eigenvalue weighted by molar-refractivity contribution is -0.118. The summed E-state index contributed by atoms with van der Waals surface area (Å²) >= 11 is 7.44. The molecule has 1 fully saturated rings. The van der Waals surface area contributed by atoms with Crippen molar-refractivity contribution in [1.82, 2.24) is 14.2 Å². The van der Waals surface area contributed by atoms with Crippen LogP contribution >= 0.6 is 22.9 Å². The van der Waals surface area contributed by atoms with Gasteiger partial charge in [0.25, 0.3) is 0 Å². The van der Waals surface area contributed by atoms with Gasteiger partial charge in [-0.25, -0.2) is 13.4 Å². The van der Waals surface area contributed by atoms with Crippen molar-refractivity contribution in [3.8, 4) is 0 Å². The van der Waals surface area contributed by atoms with Crippen LogP contribution in [0, 0.1) is 0 Å². The van der Waals surface area contributed by atoms with Gasteiger partial charge < -0.3 is 4.74 Å². The number of amides is 1. The van der Waals surface area contributed by atoms with E-state index in [-0.39, 0.29) is 12.5 Å². The van der Waals surface area contributed by atoms with Gasteiger partial charge in [0.15, 0.2) is 5.13 Å². The lowest BCUT2D eigenvalue weighted by Gasteiger charge is -2.28. The van der Waals surface area contributed by atoms with Crippen molar-refractivity contribution in [1.29, 1.82) is 0 Å². The zero-order valence-electron chi connectivity index (χ0n) is 16.5. The molecule has 0 N–H and O–H groups in total. The number of benzene rings is 1. The highest BCUT2D eigenvalue weighted by Gasteiger charge is 2.24. The van der Waals surface area contributed by atoms with Gasteiger partial charge in [-0.05, 0) is 24.6 Å². The van der Waals surface area contributed by atoms with E-state index in [0.717, 1.165) is 60.0 Å². The second-order valence-corrected chi connectivity index (χ2v) is 10.5. The Hall–Kier alpha value is -1.30. The van der Waals surface area contributed by atoms with Gasteiger partial charge in [-0.3, -0.25) is 14.6 Å². The molecule has 11 heteroatoms. The van der Waals surface area contributed by atoms with Crippen LogP contribution in [0.5, 0.6) is 0 Å². The molecule has 1 aliphatic rings. The number of sulfonamides is 1. The molecule has 2 aromatic rings. The molecule has 3 rings (SSSR count). The van der Waals surface area contributed by atoms with Crippen LogP contribution in [-0.2, 0) is 19.6 Å². The average Bonchev–Trinajstić information content (AvgIpc) is 3.07. The zero-order chi connectivity index (χ0) is 21.0. The third-order valence-corrected chi connectivity index (χ3v) is 7.29. The van der Waals surface area contributed by atoms with Crippen molar-refractivity contribution in [2.75, 3.05) is 64.1 Å². The Balaban J connectivity index is 1.76. The quantitative estimate of drug-likeness (QED) is 0.598. The van der Waals surface area contributed by atoms with Gasteiger partial charge in [0.05, 0.1) is 36.2 Å². The Kier molecular flexibility index (Phi) is 7.47. The molecule has 29 heavy (non-hydrogen) atoms. The molecule has 1 aromatic heterocycles. The Morgan fingerprint density at radius 1 is 1.34 bits per heavy atom. The fourth-order valence-electron chi connectivity index (χ4n) is 3.00. The molecule has 1 aliphatic heterocycles. The van der Waals surface area contributed by atoms with Gasteiger partial charge in [0.1, 0.15) is 0 Å². The molecule has 0 aliphatic carbocycles. The number of morpholine rings is 1. The number of nitrogens with zero attached hydrogens (tertiary/aromatic N) is 4. The molecule has 160 valence electrons. The van der Waals surface area contributed by atoms with Gasteiger partial charge in [-0.15, -0.1) is 0 Å². The van der Waals surface area contributed by atoms with Crippen molar-refractivity contribution < 1.29 is 17.9 Å². The minimum atomic E-state index is -3.45. The third kappa shape index (κ3) is 6.09. The van der Waals surface area contributed by atoms with Crippen LogP contribution in [0.2, 0.25) is 5.02 Å². The minimum absolute atomic E-state index is 0.229. The maximum atomic E-state index is 13.0. The Morgan fingerprint density at radius 3 is 2.76 bits per heavy atom. The first-order valence-corrected chi connectivity index (χ1v) is 12.4. The number of hydrogen-bond donors (Lipinski definition) is 0. The maximum Gasteiger partial charge on any atom is 0.244 e. The summed E-state index contributed by atoms with van der Waals surface area (Å²) in [5, 5.41) is 1.16. The number of carbonyl (C=O) groups is 1. The number of thiazole rings is 1. The van der Waals surface area contributed by atoms with Crippen LogP contribution in [0.25, 0.3) is 10.2 Å². The molecule has 1 amide bonds. The first-order valence-electron chi connectivity index (χ1n) is 9.32. The van der Waals surface area contributed by atoms with Crippen LogP contribution in [0.3, 0.4) is 0 Å². The van der Waals surface area contributed by atoms with Gasteiger partial charge in [-0.2, -0.15) is 4.31 Å². The molecular weight excluding hydrogens is 436 g/mol. The number of rotatable bonds is 8. The van der Waals surface area contributed by atoms with E-state index in [4.69, 9.17) is 16.3 Å². The van der Waals surface area contributed by atoms with E-state index in [1.807, 2.05) is 12.1 Å². The van der Waals surface area contributed by atoms with Gasteiger partial charge >= 0.3 is 0 Å². The fourth-order valence-corrected chi connectivity index (χ4v) is 4.63. The predicted molar refractivity (Wildman–Crippen MR) is 116 cm³/mol. The SMILES string of the molecule is CN(CC(=O)N(CCCN1CCOCC1)c1nc2ccc(Cl)cc2s1)S(C)(=O)=O. The highest BCUT2D eigenvalue weighted by Crippen LogP contribution is 2.31. The summed E-state index contributed by atoms with van der Waals surface area (Å²) < 4.78 is 30.8. The van der Waals surface area contributed by atoms with E-state index in [1.54, 1.807) is 11.0 Å². The van der Waals surface area contributed by atoms with Crippen LogP contribution in [0.4, 0.5) is 5.13 Å². The molecular formula is C18H25ClN4O4S2. The van der Waals surface area contributed by atoms with Gasteiger partial charge in [-0.1, -0.05) is 22.9 Å². The first-order chi connectivity index (χ1) is 13.7. The molecule has 0 spiro atoms. The molecule has 1 saturated heterocycles. The van der Waals surface area contributed by atoms with E-state index in [1.165, 1.54) is 18.4 Å². The van der Waals surface area contributed by atoms with Gasteiger partial charge in [0.2, 0.25) is 15.9 Å². The molecule has 0 radical (unpaired) electrons. The lowest BCUT2D eigenvalue weighted by atomic mass is 10.3. The maximum absolute atomic E-state index is 13.0. The topological polar surface area (TPSA) is 83.1 Å². The second-order valence-electron chi connectivity index (χ2n) is 6.98. The summed E-state index contributed by atoms with van der Waals surface area (Å²) in [4.78, 5) is 21.4. The summed E-state index contributed by atoms with van der Waals surface area (Å²) in [6.07, 6.45) is 1.84. The van der Waals surface area contributed by atoms with Crippen molar-refractivity contribution in [3.05, 3.63) is 23.2 Å². The summed E-state index contributed by atoms with van der Waals surface area (Å²) in [7, 11) is -2.05. The largest absolute Gasteiger partial charge is 0.379 e. The van der Waals surface area contributed by atoms with E-state index in [2.05, 4.69) is 9.88 Å². The molecule has 0 atom stereocenters. The molecule has 1 aromatic carbocycles. The predicted octanol–water partition coefficient (Wildman–Crippen LogP) is 1.90. The fraction of sp³-hybridized carbons (Fsp3) is 0.556. The van der Waals surface area contributed by atoms with Crippen molar-refractivity contribution in [2.45, 2.75) is 6.42 Å². The highest BCUT2D eigenvalue weighted by molar-refractivity contribution is 7.88. The van der Waals surface area contributed by atoms with E-state index in [0.29, 0.717) is 16.7 Å². The van der Waals surface area contributed by atoms with E-state index < -0.39 is 10.0 Å².